The lowest BCUT2D eigenvalue weighted by molar-refractivity contribution is -0.129. The van der Waals surface area contributed by atoms with Gasteiger partial charge in [0.25, 0.3) is 0 Å². The average molecular weight is 304 g/mol. The first-order chi connectivity index (χ1) is 10.4. The molecular weight excluding hydrogens is 272 g/mol. The molecule has 0 aromatic heterocycles. The van der Waals surface area contributed by atoms with Gasteiger partial charge in [0.05, 0.1) is 6.10 Å². The molecule has 0 aliphatic heterocycles. The van der Waals surface area contributed by atoms with Crippen LogP contribution in [0, 0.1) is 40.4 Å². The summed E-state index contributed by atoms with van der Waals surface area (Å²) < 4.78 is 0. The number of carbonyl (C=O) groups is 1. The van der Waals surface area contributed by atoms with E-state index >= 15 is 0 Å². The number of rotatable bonds is 1. The summed E-state index contributed by atoms with van der Waals surface area (Å²) in [5.74, 6) is 3.87. The van der Waals surface area contributed by atoms with Gasteiger partial charge in [-0.25, -0.2) is 0 Å². The molecule has 2 heteroatoms. The summed E-state index contributed by atoms with van der Waals surface area (Å²) in [7, 11) is 0. The molecule has 0 aromatic carbocycles. The van der Waals surface area contributed by atoms with E-state index in [1.807, 2.05) is 6.92 Å². The largest absolute Gasteiger partial charge is 0.393 e. The molecule has 0 aromatic rings. The molecule has 8 atom stereocenters. The van der Waals surface area contributed by atoms with E-state index in [2.05, 4.69) is 13.8 Å². The Morgan fingerprint density at radius 3 is 2.45 bits per heavy atom. The summed E-state index contributed by atoms with van der Waals surface area (Å²) in [6.45, 7) is 6.71. The Morgan fingerprint density at radius 2 is 1.73 bits per heavy atom. The van der Waals surface area contributed by atoms with Crippen LogP contribution < -0.4 is 0 Å². The topological polar surface area (TPSA) is 37.3 Å². The Balaban J connectivity index is 1.64. The predicted octanol–water partition coefficient (Wildman–Crippen LogP) is 4.21. The number of hydrogen-bond acceptors (Lipinski definition) is 2. The number of aliphatic hydroxyl groups is 1. The van der Waals surface area contributed by atoms with Crippen molar-refractivity contribution in [2.24, 2.45) is 40.4 Å². The van der Waals surface area contributed by atoms with Crippen molar-refractivity contribution in [1.82, 2.24) is 0 Å². The van der Waals surface area contributed by atoms with Crippen molar-refractivity contribution in [3.05, 3.63) is 0 Å². The Bertz CT molecular complexity index is 486. The Kier molecular flexibility index (Phi) is 3.32. The summed E-state index contributed by atoms with van der Waals surface area (Å²) >= 11 is 0. The van der Waals surface area contributed by atoms with Gasteiger partial charge in [0.2, 0.25) is 0 Å². The highest BCUT2D eigenvalue weighted by atomic mass is 16.3. The van der Waals surface area contributed by atoms with Crippen molar-refractivity contribution in [3.63, 3.8) is 0 Å². The minimum atomic E-state index is -0.0596. The van der Waals surface area contributed by atoms with Gasteiger partial charge in [0, 0.05) is 5.92 Å². The average Bonchev–Trinajstić information content (AvgIpc) is 2.93. The molecule has 22 heavy (non-hydrogen) atoms. The predicted molar refractivity (Wildman–Crippen MR) is 87.3 cm³/mol. The number of carbonyl (C=O) groups excluding carboxylic acids is 1. The molecular formula is C20H32O2. The highest BCUT2D eigenvalue weighted by Gasteiger charge is 2.61. The van der Waals surface area contributed by atoms with E-state index in [9.17, 15) is 9.90 Å². The second-order valence-electron chi connectivity index (χ2n) is 9.54. The Hall–Kier alpha value is -0.370. The standard InChI is InChI=1S/C20H32O2/c1-12(21)16-6-7-17-15-5-4-13-10-14(22)11-20(13,3)18(15)8-9-19(16,17)2/h13-18,22H,4-11H2,1-3H3/t13?,14-,15+,16-,17?,18?,19-,20+/m1/s1. The van der Waals surface area contributed by atoms with Crippen LogP contribution in [0.5, 0.6) is 0 Å². The normalized spacial score (nSPS) is 57.1. The maximum absolute atomic E-state index is 12.1. The highest BCUT2D eigenvalue weighted by Crippen LogP contribution is 2.68. The molecule has 0 saturated heterocycles. The Labute approximate surface area is 135 Å². The van der Waals surface area contributed by atoms with E-state index < -0.39 is 0 Å². The molecule has 4 aliphatic carbocycles. The van der Waals surface area contributed by atoms with Crippen molar-refractivity contribution in [2.75, 3.05) is 0 Å². The minimum Gasteiger partial charge on any atom is -0.393 e. The zero-order chi connectivity index (χ0) is 15.7. The number of aliphatic hydroxyl groups excluding tert-OH is 1. The first kappa shape index (κ1) is 15.2. The minimum absolute atomic E-state index is 0.0596. The van der Waals surface area contributed by atoms with Gasteiger partial charge in [0.15, 0.2) is 0 Å². The molecule has 124 valence electrons. The summed E-state index contributed by atoms with van der Waals surface area (Å²) in [5.41, 5.74) is 0.644. The van der Waals surface area contributed by atoms with E-state index in [1.54, 1.807) is 0 Å². The molecule has 4 fully saturated rings. The monoisotopic (exact) mass is 304 g/mol. The number of fused-ring (bicyclic) bond motifs is 5. The van der Waals surface area contributed by atoms with E-state index in [1.165, 1.54) is 32.1 Å². The third-order valence-corrected chi connectivity index (χ3v) is 8.79. The number of hydrogen-bond donors (Lipinski definition) is 1. The van der Waals surface area contributed by atoms with Gasteiger partial charge in [-0.05, 0) is 92.8 Å². The van der Waals surface area contributed by atoms with Crippen LogP contribution in [0.15, 0.2) is 0 Å². The van der Waals surface area contributed by atoms with Crippen LogP contribution >= 0.6 is 0 Å². The van der Waals surface area contributed by atoms with Gasteiger partial charge in [-0.2, -0.15) is 0 Å². The fourth-order valence-corrected chi connectivity index (χ4v) is 7.83. The first-order valence-corrected chi connectivity index (χ1v) is 9.55. The van der Waals surface area contributed by atoms with Crippen molar-refractivity contribution in [1.29, 1.82) is 0 Å². The van der Waals surface area contributed by atoms with Crippen LogP contribution in [0.2, 0.25) is 0 Å². The second-order valence-corrected chi connectivity index (χ2v) is 9.54. The van der Waals surface area contributed by atoms with Crippen LogP contribution in [0.4, 0.5) is 0 Å². The molecule has 4 rings (SSSR count). The highest BCUT2D eigenvalue weighted by molar-refractivity contribution is 5.79. The molecule has 0 heterocycles. The quantitative estimate of drug-likeness (QED) is 0.788. The van der Waals surface area contributed by atoms with Gasteiger partial charge in [-0.3, -0.25) is 4.79 Å². The van der Waals surface area contributed by atoms with Crippen LogP contribution in [0.25, 0.3) is 0 Å². The molecule has 4 saturated carbocycles. The third kappa shape index (κ3) is 1.85. The molecule has 0 spiro atoms. The van der Waals surface area contributed by atoms with Crippen molar-refractivity contribution >= 4 is 5.78 Å². The van der Waals surface area contributed by atoms with Crippen LogP contribution in [0.3, 0.4) is 0 Å². The SMILES string of the molecule is CC(=O)[C@H]1CCC2[C@@H]3CCC4C[C@@H](O)C[C@]4(C)C3CC[C@@]21C. The number of ketones is 1. The van der Waals surface area contributed by atoms with Crippen molar-refractivity contribution in [3.8, 4) is 0 Å². The lowest BCUT2D eigenvalue weighted by Gasteiger charge is -2.57. The molecule has 2 nitrogen and oxygen atoms in total. The van der Waals surface area contributed by atoms with Gasteiger partial charge >= 0.3 is 0 Å². The summed E-state index contributed by atoms with van der Waals surface area (Å²) in [6.07, 6.45) is 9.59. The lowest BCUT2D eigenvalue weighted by Crippen LogP contribution is -2.51. The second kappa shape index (κ2) is 4.82. The number of Topliss-reactive ketones (excluding diaryl/α,β-unsaturated/α-hetero) is 1. The molecule has 1 N–H and O–H groups in total. The molecule has 0 amide bonds. The van der Waals surface area contributed by atoms with Crippen molar-refractivity contribution < 1.29 is 9.90 Å². The molecule has 3 unspecified atom stereocenters. The lowest BCUT2D eigenvalue weighted by atomic mass is 9.47. The van der Waals surface area contributed by atoms with E-state index in [4.69, 9.17) is 0 Å². The van der Waals surface area contributed by atoms with Crippen LogP contribution in [-0.4, -0.2) is 17.0 Å². The fourth-order valence-electron chi connectivity index (χ4n) is 7.83. The fraction of sp³-hybridized carbons (Fsp3) is 0.950. The maximum Gasteiger partial charge on any atom is 0.133 e. The van der Waals surface area contributed by atoms with Gasteiger partial charge in [0.1, 0.15) is 5.78 Å². The van der Waals surface area contributed by atoms with Gasteiger partial charge in [-0.1, -0.05) is 13.8 Å². The molecule has 0 bridgehead atoms. The van der Waals surface area contributed by atoms with Gasteiger partial charge < -0.3 is 5.11 Å². The molecule has 4 aliphatic rings. The molecule has 0 radical (unpaired) electrons. The summed E-state index contributed by atoms with van der Waals surface area (Å²) in [5, 5.41) is 10.2. The Morgan fingerprint density at radius 1 is 1.00 bits per heavy atom. The van der Waals surface area contributed by atoms with Crippen molar-refractivity contribution in [2.45, 2.75) is 78.2 Å². The van der Waals surface area contributed by atoms with Gasteiger partial charge in [-0.15, -0.1) is 0 Å². The van der Waals surface area contributed by atoms with Crippen LogP contribution in [0.1, 0.15) is 72.1 Å². The summed E-state index contributed by atoms with van der Waals surface area (Å²) in [4.78, 5) is 12.1. The maximum atomic E-state index is 12.1. The van der Waals surface area contributed by atoms with E-state index in [-0.39, 0.29) is 11.5 Å². The zero-order valence-electron chi connectivity index (χ0n) is 14.5. The van der Waals surface area contributed by atoms with E-state index in [0.29, 0.717) is 17.1 Å². The third-order valence-electron chi connectivity index (χ3n) is 8.79. The summed E-state index contributed by atoms with van der Waals surface area (Å²) in [6, 6.07) is 0. The van der Waals surface area contributed by atoms with Crippen LogP contribution in [-0.2, 0) is 4.79 Å². The first-order valence-electron chi connectivity index (χ1n) is 9.55. The smallest absolute Gasteiger partial charge is 0.133 e. The van der Waals surface area contributed by atoms with E-state index in [0.717, 1.165) is 42.9 Å². The zero-order valence-corrected chi connectivity index (χ0v) is 14.5.